The fraction of sp³-hybridized carbons (Fsp3) is 0.111. The molecule has 1 amide bonds. The van der Waals surface area contributed by atoms with Gasteiger partial charge in [-0.15, -0.1) is 0 Å². The quantitative estimate of drug-likeness (QED) is 0.542. The summed E-state index contributed by atoms with van der Waals surface area (Å²) in [5.41, 5.74) is 3.59. The van der Waals surface area contributed by atoms with Crippen LogP contribution in [0.3, 0.4) is 0 Å². The van der Waals surface area contributed by atoms with Gasteiger partial charge in [-0.25, -0.2) is 9.97 Å². The Balaban J connectivity index is 1.63. The summed E-state index contributed by atoms with van der Waals surface area (Å²) in [5, 5.41) is 7.49. The highest BCUT2D eigenvalue weighted by atomic mass is 35.5. The molecule has 2 N–H and O–H groups in total. The Morgan fingerprint density at radius 1 is 1.19 bits per heavy atom. The van der Waals surface area contributed by atoms with Crippen molar-refractivity contribution in [1.29, 1.82) is 0 Å². The van der Waals surface area contributed by atoms with Crippen LogP contribution in [0.25, 0.3) is 22.6 Å². The summed E-state index contributed by atoms with van der Waals surface area (Å²) in [4.78, 5) is 24.4. The standard InChI is InChI=1S/C18H15ClN6O/c1-10-11(7-8-15(19)20-10)18(26)23-16-9-14(25(2)24-16)17-21-12-5-3-4-6-13(12)22-17/h3-9H,1-2H3,(H,21,22)(H,23,24,26). The van der Waals surface area contributed by atoms with Crippen LogP contribution in [-0.2, 0) is 7.05 Å². The number of para-hydroxylation sites is 2. The molecule has 0 unspecified atom stereocenters. The highest BCUT2D eigenvalue weighted by Gasteiger charge is 2.15. The van der Waals surface area contributed by atoms with E-state index in [0.717, 1.165) is 16.7 Å². The molecular weight excluding hydrogens is 352 g/mol. The predicted octanol–water partition coefficient (Wildman–Crippen LogP) is 3.57. The minimum Gasteiger partial charge on any atom is -0.337 e. The molecule has 4 aromatic rings. The number of H-pyrrole nitrogens is 1. The number of anilines is 1. The molecule has 26 heavy (non-hydrogen) atoms. The molecule has 0 fully saturated rings. The van der Waals surface area contributed by atoms with Crippen molar-refractivity contribution < 1.29 is 4.79 Å². The van der Waals surface area contributed by atoms with Gasteiger partial charge in [0.25, 0.3) is 5.91 Å². The molecular formula is C18H15ClN6O. The first-order valence-electron chi connectivity index (χ1n) is 7.95. The maximum Gasteiger partial charge on any atom is 0.258 e. The highest BCUT2D eigenvalue weighted by molar-refractivity contribution is 6.29. The van der Waals surface area contributed by atoms with Gasteiger partial charge in [0.15, 0.2) is 11.6 Å². The van der Waals surface area contributed by atoms with Gasteiger partial charge in [-0.1, -0.05) is 23.7 Å². The smallest absolute Gasteiger partial charge is 0.258 e. The van der Waals surface area contributed by atoms with Gasteiger partial charge in [0.2, 0.25) is 0 Å². The van der Waals surface area contributed by atoms with Crippen LogP contribution in [0.1, 0.15) is 16.1 Å². The zero-order chi connectivity index (χ0) is 18.3. The lowest BCUT2D eigenvalue weighted by molar-refractivity contribution is 0.102. The van der Waals surface area contributed by atoms with Gasteiger partial charge in [-0.2, -0.15) is 5.10 Å². The fourth-order valence-electron chi connectivity index (χ4n) is 2.78. The van der Waals surface area contributed by atoms with E-state index in [-0.39, 0.29) is 5.91 Å². The number of fused-ring (bicyclic) bond motifs is 1. The molecule has 130 valence electrons. The number of aromatic nitrogens is 5. The van der Waals surface area contributed by atoms with E-state index in [2.05, 4.69) is 25.4 Å². The number of nitrogens with one attached hydrogen (secondary N) is 2. The number of aryl methyl sites for hydroxylation is 2. The molecule has 3 heterocycles. The summed E-state index contributed by atoms with van der Waals surface area (Å²) < 4.78 is 1.67. The number of benzene rings is 1. The number of carbonyl (C=O) groups excluding carboxylic acids is 1. The molecule has 0 saturated heterocycles. The van der Waals surface area contributed by atoms with Crippen molar-refractivity contribution in [2.75, 3.05) is 5.32 Å². The lowest BCUT2D eigenvalue weighted by Gasteiger charge is -2.04. The molecule has 0 aliphatic rings. The number of aromatic amines is 1. The molecule has 0 aliphatic carbocycles. The number of pyridine rings is 1. The second-order valence-electron chi connectivity index (χ2n) is 5.86. The van der Waals surface area contributed by atoms with Crippen LogP contribution < -0.4 is 5.32 Å². The third-order valence-electron chi connectivity index (χ3n) is 4.05. The van der Waals surface area contributed by atoms with Gasteiger partial charge in [0, 0.05) is 13.1 Å². The highest BCUT2D eigenvalue weighted by Crippen LogP contribution is 2.23. The predicted molar refractivity (Wildman–Crippen MR) is 100 cm³/mol. The van der Waals surface area contributed by atoms with Gasteiger partial charge < -0.3 is 10.3 Å². The van der Waals surface area contributed by atoms with Crippen molar-refractivity contribution in [3.63, 3.8) is 0 Å². The van der Waals surface area contributed by atoms with Crippen LogP contribution in [0, 0.1) is 6.92 Å². The van der Waals surface area contributed by atoms with E-state index < -0.39 is 0 Å². The number of halogens is 1. The third-order valence-corrected chi connectivity index (χ3v) is 4.26. The number of rotatable bonds is 3. The Kier molecular flexibility index (Phi) is 3.93. The number of amides is 1. The Morgan fingerprint density at radius 2 is 2.00 bits per heavy atom. The van der Waals surface area contributed by atoms with E-state index in [1.807, 2.05) is 24.3 Å². The van der Waals surface area contributed by atoms with E-state index in [0.29, 0.717) is 28.1 Å². The van der Waals surface area contributed by atoms with E-state index in [4.69, 9.17) is 11.6 Å². The first-order chi connectivity index (χ1) is 12.5. The SMILES string of the molecule is Cc1nc(Cl)ccc1C(=O)Nc1cc(-c2nc3ccccc3[nH]2)n(C)n1. The van der Waals surface area contributed by atoms with Crippen molar-refractivity contribution in [3.8, 4) is 11.5 Å². The van der Waals surface area contributed by atoms with Gasteiger partial charge in [0.1, 0.15) is 10.8 Å². The van der Waals surface area contributed by atoms with Crippen LogP contribution in [0.5, 0.6) is 0 Å². The Hall–Kier alpha value is -3.19. The summed E-state index contributed by atoms with van der Waals surface area (Å²) in [6.45, 7) is 1.74. The molecule has 4 rings (SSSR count). The second-order valence-corrected chi connectivity index (χ2v) is 6.25. The lowest BCUT2D eigenvalue weighted by Crippen LogP contribution is -2.14. The van der Waals surface area contributed by atoms with Gasteiger partial charge >= 0.3 is 0 Å². The molecule has 0 atom stereocenters. The minimum absolute atomic E-state index is 0.291. The average molecular weight is 367 g/mol. The van der Waals surface area contributed by atoms with E-state index in [1.165, 1.54) is 0 Å². The molecule has 0 aliphatic heterocycles. The molecule has 7 nitrogen and oxygen atoms in total. The van der Waals surface area contributed by atoms with Crippen LogP contribution in [0.4, 0.5) is 5.82 Å². The summed E-state index contributed by atoms with van der Waals surface area (Å²) >= 11 is 5.84. The molecule has 0 radical (unpaired) electrons. The van der Waals surface area contributed by atoms with E-state index >= 15 is 0 Å². The molecule has 1 aromatic carbocycles. The average Bonchev–Trinajstić information content (AvgIpc) is 3.17. The largest absolute Gasteiger partial charge is 0.337 e. The summed E-state index contributed by atoms with van der Waals surface area (Å²) in [6.07, 6.45) is 0. The van der Waals surface area contributed by atoms with E-state index in [1.54, 1.807) is 36.9 Å². The van der Waals surface area contributed by atoms with Crippen molar-refractivity contribution in [2.24, 2.45) is 7.05 Å². The van der Waals surface area contributed by atoms with Crippen molar-refractivity contribution in [1.82, 2.24) is 24.7 Å². The monoisotopic (exact) mass is 366 g/mol. The molecule has 0 bridgehead atoms. The van der Waals surface area contributed by atoms with Crippen molar-refractivity contribution >= 4 is 34.4 Å². The third kappa shape index (κ3) is 2.93. The first-order valence-corrected chi connectivity index (χ1v) is 8.33. The van der Waals surface area contributed by atoms with Gasteiger partial charge in [-0.3, -0.25) is 9.48 Å². The summed E-state index contributed by atoms with van der Waals surface area (Å²) in [6, 6.07) is 12.8. The van der Waals surface area contributed by atoms with Crippen LogP contribution >= 0.6 is 11.6 Å². The number of hydrogen-bond donors (Lipinski definition) is 2. The first kappa shape index (κ1) is 16.3. The summed E-state index contributed by atoms with van der Waals surface area (Å²) in [7, 11) is 1.80. The zero-order valence-electron chi connectivity index (χ0n) is 14.1. The minimum atomic E-state index is -0.291. The fourth-order valence-corrected chi connectivity index (χ4v) is 2.97. The summed E-state index contributed by atoms with van der Waals surface area (Å²) in [5.74, 6) is 0.828. The molecule has 0 saturated carbocycles. The normalized spacial score (nSPS) is 11.0. The Morgan fingerprint density at radius 3 is 2.77 bits per heavy atom. The van der Waals surface area contributed by atoms with Crippen molar-refractivity contribution in [2.45, 2.75) is 6.92 Å². The van der Waals surface area contributed by atoms with E-state index in [9.17, 15) is 4.79 Å². The van der Waals surface area contributed by atoms with Crippen LogP contribution in [-0.4, -0.2) is 30.6 Å². The van der Waals surface area contributed by atoms with Crippen LogP contribution in [0.2, 0.25) is 5.15 Å². The topological polar surface area (TPSA) is 88.5 Å². The number of imidazole rings is 1. The number of hydrogen-bond acceptors (Lipinski definition) is 4. The number of nitrogens with zero attached hydrogens (tertiary/aromatic N) is 4. The lowest BCUT2D eigenvalue weighted by atomic mass is 10.2. The Bertz CT molecular complexity index is 1100. The molecule has 8 heteroatoms. The molecule has 3 aromatic heterocycles. The molecule has 0 spiro atoms. The van der Waals surface area contributed by atoms with Gasteiger partial charge in [-0.05, 0) is 31.2 Å². The van der Waals surface area contributed by atoms with Gasteiger partial charge in [0.05, 0.1) is 22.3 Å². The maximum atomic E-state index is 12.5. The van der Waals surface area contributed by atoms with Crippen molar-refractivity contribution in [3.05, 3.63) is 58.9 Å². The number of carbonyl (C=O) groups is 1. The second kappa shape index (κ2) is 6.27. The maximum absolute atomic E-state index is 12.5. The van der Waals surface area contributed by atoms with Crippen LogP contribution in [0.15, 0.2) is 42.5 Å². The zero-order valence-corrected chi connectivity index (χ0v) is 14.9. The Labute approximate surface area is 154 Å².